The molecule has 0 aliphatic carbocycles. The molecule has 3 aromatic carbocycles. The van der Waals surface area contributed by atoms with E-state index in [9.17, 15) is 0 Å². The Hall–Kier alpha value is -4.10. The van der Waals surface area contributed by atoms with E-state index in [0.717, 1.165) is 22.3 Å². The Bertz CT molecular complexity index is 1090. The van der Waals surface area contributed by atoms with Crippen LogP contribution in [-0.4, -0.2) is 0 Å². The number of rotatable bonds is 0. The van der Waals surface area contributed by atoms with Crippen molar-refractivity contribution < 1.29 is 0 Å². The molecule has 3 aromatic rings. The molecular formula is C28H18. The lowest BCUT2D eigenvalue weighted by Gasteiger charge is -1.91. The summed E-state index contributed by atoms with van der Waals surface area (Å²) in [4.78, 5) is 0. The highest BCUT2D eigenvalue weighted by Gasteiger charge is 1.88. The predicted octanol–water partition coefficient (Wildman–Crippen LogP) is 5.11. The van der Waals surface area contributed by atoms with Crippen LogP contribution in [0.25, 0.3) is 0 Å². The van der Waals surface area contributed by atoms with Crippen molar-refractivity contribution in [2.75, 3.05) is 0 Å². The van der Waals surface area contributed by atoms with Gasteiger partial charge in [0.05, 0.1) is 0 Å². The Labute approximate surface area is 167 Å². The molecule has 0 saturated heterocycles. The lowest BCUT2D eigenvalue weighted by molar-refractivity contribution is 1.46. The van der Waals surface area contributed by atoms with Gasteiger partial charge in [0, 0.05) is 22.3 Å². The Morgan fingerprint density at radius 3 is 0.821 bits per heavy atom. The fraction of sp³-hybridized carbons (Fsp3) is 0.0714. The molecule has 0 unspecified atom stereocenters. The van der Waals surface area contributed by atoms with Crippen molar-refractivity contribution in [1.29, 1.82) is 0 Å². The van der Waals surface area contributed by atoms with Crippen LogP contribution in [0.1, 0.15) is 33.4 Å². The molecule has 0 N–H and O–H groups in total. The summed E-state index contributed by atoms with van der Waals surface area (Å²) in [5.74, 6) is 23.7. The molecule has 3 rings (SSSR count). The number of hydrogen-bond donors (Lipinski definition) is 0. The van der Waals surface area contributed by atoms with E-state index in [4.69, 9.17) is 0 Å². The fourth-order valence-corrected chi connectivity index (χ4v) is 2.32. The number of hydrogen-bond acceptors (Lipinski definition) is 0. The molecular weight excluding hydrogens is 336 g/mol. The quantitative estimate of drug-likeness (QED) is 0.492. The van der Waals surface area contributed by atoms with Gasteiger partial charge < -0.3 is 0 Å². The molecule has 0 aromatic heterocycles. The average molecular weight is 354 g/mol. The minimum absolute atomic E-state index is 0.912. The minimum atomic E-state index is 0.912. The van der Waals surface area contributed by atoms with Crippen molar-refractivity contribution >= 4 is 0 Å². The van der Waals surface area contributed by atoms with Gasteiger partial charge in [-0.2, -0.15) is 0 Å². The third kappa shape index (κ3) is 6.01. The Morgan fingerprint density at radius 1 is 0.357 bits per heavy atom. The van der Waals surface area contributed by atoms with E-state index in [1.54, 1.807) is 0 Å². The third-order valence-electron chi connectivity index (χ3n) is 3.94. The van der Waals surface area contributed by atoms with E-state index >= 15 is 0 Å². The molecule has 28 heavy (non-hydrogen) atoms. The van der Waals surface area contributed by atoms with Crippen LogP contribution in [0.3, 0.4) is 0 Å². The molecule has 0 aliphatic rings. The zero-order valence-corrected chi connectivity index (χ0v) is 15.9. The van der Waals surface area contributed by atoms with Gasteiger partial charge >= 0.3 is 0 Å². The molecule has 0 atom stereocenters. The lowest BCUT2D eigenvalue weighted by Crippen LogP contribution is -1.77. The predicted molar refractivity (Wildman–Crippen MR) is 116 cm³/mol. The van der Waals surface area contributed by atoms with Gasteiger partial charge in [0.25, 0.3) is 0 Å². The Morgan fingerprint density at radius 2 is 0.571 bits per heavy atom. The van der Waals surface area contributed by atoms with Crippen LogP contribution in [0.2, 0.25) is 0 Å². The maximum atomic E-state index is 3.05. The monoisotopic (exact) mass is 354 g/mol. The van der Waals surface area contributed by atoms with Crippen LogP contribution in [0.5, 0.6) is 0 Å². The molecule has 0 fully saturated rings. The summed E-state index contributed by atoms with van der Waals surface area (Å²) in [6, 6.07) is 23.9. The van der Waals surface area contributed by atoms with Crippen molar-refractivity contribution in [2.24, 2.45) is 0 Å². The number of benzene rings is 3. The molecule has 0 spiro atoms. The van der Waals surface area contributed by atoms with Crippen LogP contribution in [0.15, 0.2) is 72.8 Å². The van der Waals surface area contributed by atoms with E-state index in [1.165, 1.54) is 11.1 Å². The first-order valence-corrected chi connectivity index (χ1v) is 8.96. The lowest BCUT2D eigenvalue weighted by atomic mass is 10.1. The Kier molecular flexibility index (Phi) is 6.38. The second kappa shape index (κ2) is 9.56. The van der Waals surface area contributed by atoms with E-state index in [1.807, 2.05) is 72.8 Å². The Balaban J connectivity index is 1.61. The molecule has 0 aliphatic heterocycles. The zero-order valence-electron chi connectivity index (χ0n) is 15.9. The van der Waals surface area contributed by atoms with Gasteiger partial charge in [0.15, 0.2) is 0 Å². The van der Waals surface area contributed by atoms with Crippen molar-refractivity contribution in [3.05, 3.63) is 106 Å². The first-order valence-electron chi connectivity index (χ1n) is 8.96. The smallest absolute Gasteiger partial charge is 0.0256 e. The van der Waals surface area contributed by atoms with Crippen LogP contribution < -0.4 is 0 Å². The number of aryl methyl sites for hydroxylation is 2. The van der Waals surface area contributed by atoms with Crippen LogP contribution in [0.4, 0.5) is 0 Å². The highest BCUT2D eigenvalue weighted by atomic mass is 13.9. The normalized spacial score (nSPS) is 8.64. The topological polar surface area (TPSA) is 0 Å². The fourth-order valence-electron chi connectivity index (χ4n) is 2.32. The molecule has 0 amide bonds. The summed E-state index contributed by atoms with van der Waals surface area (Å²) in [6.07, 6.45) is 0. The second-order valence-electron chi connectivity index (χ2n) is 6.31. The molecule has 130 valence electrons. The average Bonchev–Trinajstić information content (AvgIpc) is 2.72. The summed E-state index contributed by atoms with van der Waals surface area (Å²) < 4.78 is 0. The molecule has 0 heteroatoms. The van der Waals surface area contributed by atoms with Crippen LogP contribution >= 0.6 is 0 Å². The van der Waals surface area contributed by atoms with Gasteiger partial charge in [-0.05, 0) is 86.1 Å². The highest BCUT2D eigenvalue weighted by Crippen LogP contribution is 2.03. The second-order valence-corrected chi connectivity index (χ2v) is 6.31. The van der Waals surface area contributed by atoms with Gasteiger partial charge in [-0.25, -0.2) is 0 Å². The van der Waals surface area contributed by atoms with Crippen molar-refractivity contribution in [2.45, 2.75) is 13.8 Å². The minimum Gasteiger partial charge on any atom is -0.0581 e. The zero-order chi connectivity index (χ0) is 19.6. The van der Waals surface area contributed by atoms with Crippen LogP contribution in [-0.2, 0) is 0 Å². The molecule has 0 nitrogen and oxygen atoms in total. The highest BCUT2D eigenvalue weighted by molar-refractivity contribution is 5.48. The SMILES string of the molecule is Cc1ccc(C#CC#Cc2ccc(C#CC#Cc3ccc(C)cc3)cc2)cc1. The molecule has 0 radical (unpaired) electrons. The summed E-state index contributed by atoms with van der Waals surface area (Å²) in [7, 11) is 0. The third-order valence-corrected chi connectivity index (χ3v) is 3.94. The summed E-state index contributed by atoms with van der Waals surface area (Å²) in [5, 5.41) is 0. The standard InChI is InChI=1S/C28H18/c1-23-11-15-25(16-12-23)7-3-5-9-27-19-21-28(22-20-27)10-6-4-8-26-17-13-24(2)14-18-26/h11-22H,1-2H3. The summed E-state index contributed by atoms with van der Waals surface area (Å²) >= 11 is 0. The van der Waals surface area contributed by atoms with Gasteiger partial charge in [-0.3, -0.25) is 0 Å². The molecule has 0 saturated carbocycles. The first kappa shape index (κ1) is 18.7. The van der Waals surface area contributed by atoms with Crippen molar-refractivity contribution in [3.8, 4) is 47.4 Å². The van der Waals surface area contributed by atoms with Crippen LogP contribution in [0, 0.1) is 61.2 Å². The largest absolute Gasteiger partial charge is 0.0581 e. The van der Waals surface area contributed by atoms with Gasteiger partial charge in [-0.15, -0.1) is 0 Å². The molecule has 0 bridgehead atoms. The van der Waals surface area contributed by atoms with Crippen molar-refractivity contribution in [1.82, 2.24) is 0 Å². The maximum Gasteiger partial charge on any atom is 0.0256 e. The van der Waals surface area contributed by atoms with Gasteiger partial charge in [0.2, 0.25) is 0 Å². The van der Waals surface area contributed by atoms with Gasteiger partial charge in [0.1, 0.15) is 0 Å². The van der Waals surface area contributed by atoms with E-state index in [0.29, 0.717) is 0 Å². The molecule has 0 heterocycles. The maximum absolute atomic E-state index is 3.05. The van der Waals surface area contributed by atoms with Gasteiger partial charge in [-0.1, -0.05) is 59.1 Å². The van der Waals surface area contributed by atoms with E-state index in [-0.39, 0.29) is 0 Å². The van der Waals surface area contributed by atoms with E-state index < -0.39 is 0 Å². The summed E-state index contributed by atoms with van der Waals surface area (Å²) in [5.41, 5.74) is 6.21. The van der Waals surface area contributed by atoms with E-state index in [2.05, 4.69) is 61.2 Å². The first-order chi connectivity index (χ1) is 13.7. The van der Waals surface area contributed by atoms with Crippen molar-refractivity contribution in [3.63, 3.8) is 0 Å². The summed E-state index contributed by atoms with van der Waals surface area (Å²) in [6.45, 7) is 4.11.